The van der Waals surface area contributed by atoms with Gasteiger partial charge in [-0.05, 0) is 33.6 Å². The average molecular weight is 341 g/mol. The van der Waals surface area contributed by atoms with E-state index < -0.39 is 5.60 Å². The lowest BCUT2D eigenvalue weighted by molar-refractivity contribution is 0.0185. The number of piperidine rings is 1. The van der Waals surface area contributed by atoms with Crippen molar-refractivity contribution in [3.8, 4) is 0 Å². The smallest absolute Gasteiger partial charge is 0.410 e. The zero-order chi connectivity index (χ0) is 17.0. The maximum Gasteiger partial charge on any atom is 0.410 e. The van der Waals surface area contributed by atoms with Crippen LogP contribution in [0.1, 0.15) is 44.1 Å². The maximum absolute atomic E-state index is 12.1. The van der Waals surface area contributed by atoms with Gasteiger partial charge in [-0.25, -0.2) is 14.8 Å². The molecule has 0 spiro atoms. The number of hydrogen-bond donors (Lipinski definition) is 1. The number of nitrogens with one attached hydrogen (secondary N) is 1. The van der Waals surface area contributed by atoms with Gasteiger partial charge in [-0.1, -0.05) is 11.6 Å². The highest BCUT2D eigenvalue weighted by atomic mass is 35.5. The Morgan fingerprint density at radius 1 is 1.35 bits per heavy atom. The minimum absolute atomic E-state index is 0.138. The van der Waals surface area contributed by atoms with Crippen molar-refractivity contribution in [1.82, 2.24) is 20.2 Å². The van der Waals surface area contributed by atoms with Crippen LogP contribution in [-0.2, 0) is 4.74 Å². The molecule has 0 bridgehead atoms. The zero-order valence-corrected chi connectivity index (χ0v) is 14.3. The van der Waals surface area contributed by atoms with Gasteiger partial charge in [0, 0.05) is 19.1 Å². The standard InChI is InChI=1S/C15H21ClN4O3/c1-15(2,3)23-14(22)20-6-4-5-10(9-20)19-13(21)11-7-18-12(16)8-17-11/h7-8,10H,4-6,9H2,1-3H3,(H,19,21). The van der Waals surface area contributed by atoms with Crippen LogP contribution in [0.3, 0.4) is 0 Å². The molecule has 1 unspecified atom stereocenters. The van der Waals surface area contributed by atoms with Gasteiger partial charge in [0.05, 0.1) is 12.4 Å². The lowest BCUT2D eigenvalue weighted by Crippen LogP contribution is -2.50. The van der Waals surface area contributed by atoms with Crippen molar-refractivity contribution in [2.24, 2.45) is 0 Å². The number of carbonyl (C=O) groups excluding carboxylic acids is 2. The first-order valence-electron chi connectivity index (χ1n) is 7.51. The molecule has 1 aromatic heterocycles. The zero-order valence-electron chi connectivity index (χ0n) is 13.5. The van der Waals surface area contributed by atoms with E-state index in [-0.39, 0.29) is 28.9 Å². The topological polar surface area (TPSA) is 84.4 Å². The highest BCUT2D eigenvalue weighted by Crippen LogP contribution is 2.15. The first-order valence-corrected chi connectivity index (χ1v) is 7.89. The van der Waals surface area contributed by atoms with Crippen LogP contribution in [0.4, 0.5) is 4.79 Å². The highest BCUT2D eigenvalue weighted by molar-refractivity contribution is 6.29. The third-order valence-electron chi connectivity index (χ3n) is 3.26. The van der Waals surface area contributed by atoms with Gasteiger partial charge in [-0.15, -0.1) is 0 Å². The van der Waals surface area contributed by atoms with Gasteiger partial charge >= 0.3 is 6.09 Å². The fourth-order valence-electron chi connectivity index (χ4n) is 2.28. The Labute approximate surface area is 140 Å². The summed E-state index contributed by atoms with van der Waals surface area (Å²) in [6.07, 6.45) is 3.89. The van der Waals surface area contributed by atoms with Crippen LogP contribution in [0, 0.1) is 0 Å². The fraction of sp³-hybridized carbons (Fsp3) is 0.600. The number of hydrogen-bond acceptors (Lipinski definition) is 5. The monoisotopic (exact) mass is 340 g/mol. The number of rotatable bonds is 2. The summed E-state index contributed by atoms with van der Waals surface area (Å²) in [5.74, 6) is -0.329. The normalized spacial score (nSPS) is 18.4. The maximum atomic E-state index is 12.1. The molecule has 0 radical (unpaired) electrons. The third-order valence-corrected chi connectivity index (χ3v) is 3.46. The molecule has 1 atom stereocenters. The summed E-state index contributed by atoms with van der Waals surface area (Å²) in [6.45, 7) is 6.53. The van der Waals surface area contributed by atoms with E-state index in [1.807, 2.05) is 20.8 Å². The molecule has 23 heavy (non-hydrogen) atoms. The number of aromatic nitrogens is 2. The van der Waals surface area contributed by atoms with Gasteiger partial charge in [-0.3, -0.25) is 4.79 Å². The van der Waals surface area contributed by atoms with Gasteiger partial charge in [0.25, 0.3) is 5.91 Å². The Bertz CT molecular complexity index is 571. The molecular weight excluding hydrogens is 320 g/mol. The lowest BCUT2D eigenvalue weighted by atomic mass is 10.1. The fourth-order valence-corrected chi connectivity index (χ4v) is 2.37. The van der Waals surface area contributed by atoms with Gasteiger partial charge in [0.15, 0.2) is 0 Å². The van der Waals surface area contributed by atoms with Crippen LogP contribution in [0.5, 0.6) is 0 Å². The second-order valence-corrected chi connectivity index (χ2v) is 6.85. The Kier molecular flexibility index (Phi) is 5.41. The van der Waals surface area contributed by atoms with E-state index in [0.29, 0.717) is 13.1 Å². The van der Waals surface area contributed by atoms with Crippen LogP contribution < -0.4 is 5.32 Å². The summed E-state index contributed by atoms with van der Waals surface area (Å²) in [5, 5.41) is 3.10. The molecule has 1 aliphatic rings. The Morgan fingerprint density at radius 3 is 2.70 bits per heavy atom. The van der Waals surface area contributed by atoms with Crippen molar-refractivity contribution in [2.75, 3.05) is 13.1 Å². The lowest BCUT2D eigenvalue weighted by Gasteiger charge is -2.34. The van der Waals surface area contributed by atoms with Crippen molar-refractivity contribution < 1.29 is 14.3 Å². The molecule has 1 fully saturated rings. The number of ether oxygens (including phenoxy) is 1. The van der Waals surface area contributed by atoms with Crippen molar-refractivity contribution in [3.63, 3.8) is 0 Å². The molecule has 0 saturated carbocycles. The predicted octanol–water partition coefficient (Wildman–Crippen LogP) is 2.26. The quantitative estimate of drug-likeness (QED) is 0.892. The second kappa shape index (κ2) is 7.12. The Hall–Kier alpha value is -1.89. The molecule has 2 amide bonds. The van der Waals surface area contributed by atoms with Gasteiger partial charge in [0.1, 0.15) is 16.4 Å². The van der Waals surface area contributed by atoms with E-state index in [0.717, 1.165) is 12.8 Å². The minimum atomic E-state index is -0.536. The van der Waals surface area contributed by atoms with Crippen molar-refractivity contribution in [2.45, 2.75) is 45.3 Å². The summed E-state index contributed by atoms with van der Waals surface area (Å²) in [5.41, 5.74) is -0.338. The van der Waals surface area contributed by atoms with Crippen molar-refractivity contribution >= 4 is 23.6 Å². The molecule has 2 heterocycles. The summed E-state index contributed by atoms with van der Waals surface area (Å²) in [7, 11) is 0. The molecule has 1 N–H and O–H groups in total. The van der Waals surface area contributed by atoms with Gasteiger partial charge < -0.3 is 15.0 Å². The molecule has 7 nitrogen and oxygen atoms in total. The summed E-state index contributed by atoms with van der Waals surface area (Å²) < 4.78 is 5.37. The second-order valence-electron chi connectivity index (χ2n) is 6.46. The number of likely N-dealkylation sites (tertiary alicyclic amines) is 1. The number of amides is 2. The van der Waals surface area contributed by atoms with Crippen LogP contribution >= 0.6 is 11.6 Å². The van der Waals surface area contributed by atoms with E-state index in [9.17, 15) is 9.59 Å². The molecule has 2 rings (SSSR count). The minimum Gasteiger partial charge on any atom is -0.444 e. The van der Waals surface area contributed by atoms with E-state index in [1.54, 1.807) is 4.90 Å². The molecule has 1 aromatic rings. The van der Waals surface area contributed by atoms with Crippen molar-refractivity contribution in [1.29, 1.82) is 0 Å². The van der Waals surface area contributed by atoms with Crippen LogP contribution in [0.15, 0.2) is 12.4 Å². The molecule has 8 heteroatoms. The largest absolute Gasteiger partial charge is 0.444 e. The summed E-state index contributed by atoms with van der Waals surface area (Å²) in [4.78, 5) is 33.6. The Morgan fingerprint density at radius 2 is 2.09 bits per heavy atom. The molecule has 0 aromatic carbocycles. The van der Waals surface area contributed by atoms with E-state index >= 15 is 0 Å². The van der Waals surface area contributed by atoms with E-state index in [2.05, 4.69) is 15.3 Å². The Balaban J connectivity index is 1.92. The van der Waals surface area contributed by atoms with E-state index in [1.165, 1.54) is 12.4 Å². The highest BCUT2D eigenvalue weighted by Gasteiger charge is 2.28. The van der Waals surface area contributed by atoms with Crippen LogP contribution in [0.25, 0.3) is 0 Å². The van der Waals surface area contributed by atoms with Crippen molar-refractivity contribution in [3.05, 3.63) is 23.2 Å². The van der Waals surface area contributed by atoms with Crippen LogP contribution in [0.2, 0.25) is 5.15 Å². The van der Waals surface area contributed by atoms with E-state index in [4.69, 9.17) is 16.3 Å². The molecule has 126 valence electrons. The molecule has 1 saturated heterocycles. The first kappa shape index (κ1) is 17.5. The molecule has 0 aliphatic carbocycles. The predicted molar refractivity (Wildman–Crippen MR) is 85.3 cm³/mol. The SMILES string of the molecule is CC(C)(C)OC(=O)N1CCCC(NC(=O)c2cnc(Cl)cn2)C1. The number of nitrogens with zero attached hydrogens (tertiary/aromatic N) is 3. The number of halogens is 1. The van der Waals surface area contributed by atoms with Gasteiger partial charge in [0.2, 0.25) is 0 Å². The molecule has 1 aliphatic heterocycles. The van der Waals surface area contributed by atoms with Gasteiger partial charge in [-0.2, -0.15) is 0 Å². The number of carbonyl (C=O) groups is 2. The third kappa shape index (κ3) is 5.35. The summed E-state index contributed by atoms with van der Waals surface area (Å²) >= 11 is 5.65. The average Bonchev–Trinajstić information content (AvgIpc) is 2.46. The summed E-state index contributed by atoms with van der Waals surface area (Å²) in [6, 6.07) is -0.138. The molecular formula is C15H21ClN4O3. The first-order chi connectivity index (χ1) is 10.7. The van der Waals surface area contributed by atoms with Crippen LogP contribution in [-0.4, -0.2) is 51.6 Å².